The van der Waals surface area contributed by atoms with Crippen LogP contribution < -0.4 is 5.32 Å². The van der Waals surface area contributed by atoms with E-state index in [4.69, 9.17) is 16.0 Å². The Morgan fingerprint density at radius 1 is 1.30 bits per heavy atom. The molecule has 20 heavy (non-hydrogen) atoms. The summed E-state index contributed by atoms with van der Waals surface area (Å²) in [7, 11) is 0. The van der Waals surface area contributed by atoms with Crippen LogP contribution in [-0.4, -0.2) is 9.55 Å². The molecule has 1 N–H and O–H groups in total. The first kappa shape index (κ1) is 13.3. The van der Waals surface area contributed by atoms with Gasteiger partial charge in [-0.1, -0.05) is 17.7 Å². The minimum atomic E-state index is 0.577. The van der Waals surface area contributed by atoms with E-state index in [0.717, 1.165) is 21.8 Å². The summed E-state index contributed by atoms with van der Waals surface area (Å²) in [5.41, 5.74) is 1.79. The molecule has 0 unspecified atom stereocenters. The van der Waals surface area contributed by atoms with Gasteiger partial charge in [0.15, 0.2) is 4.67 Å². The maximum absolute atomic E-state index is 6.29. The van der Waals surface area contributed by atoms with Gasteiger partial charge in [0.05, 0.1) is 29.3 Å². The van der Waals surface area contributed by atoms with Crippen molar-refractivity contribution in [3.63, 3.8) is 0 Å². The largest absolute Gasteiger partial charge is 0.452 e. The zero-order valence-corrected chi connectivity index (χ0v) is 12.7. The minimum absolute atomic E-state index is 0.577. The van der Waals surface area contributed by atoms with E-state index < -0.39 is 0 Å². The zero-order valence-electron chi connectivity index (χ0n) is 10.4. The maximum Gasteiger partial charge on any atom is 0.169 e. The molecule has 0 amide bonds. The average molecular weight is 353 g/mol. The lowest BCUT2D eigenvalue weighted by Crippen LogP contribution is -2.03. The Balaban J connectivity index is 1.88. The number of nitrogens with zero attached hydrogens (tertiary/aromatic N) is 2. The summed E-state index contributed by atoms with van der Waals surface area (Å²) in [6, 6.07) is 9.51. The van der Waals surface area contributed by atoms with Crippen molar-refractivity contribution in [2.75, 3.05) is 5.32 Å². The first-order chi connectivity index (χ1) is 9.74. The van der Waals surface area contributed by atoms with Crippen LogP contribution in [0.5, 0.6) is 0 Å². The molecule has 4 nitrogen and oxygen atoms in total. The van der Waals surface area contributed by atoms with Gasteiger partial charge < -0.3 is 14.3 Å². The van der Waals surface area contributed by atoms with Gasteiger partial charge in [-0.25, -0.2) is 4.98 Å². The molecular formula is C14H11BrClN3O. The molecular weight excluding hydrogens is 342 g/mol. The SMILES string of the molecule is Clc1cccc(NCc2ccc(Br)o2)c1-n1ccnc1. The van der Waals surface area contributed by atoms with Crippen LogP contribution in [0.25, 0.3) is 5.69 Å². The molecule has 2 aromatic heterocycles. The Bertz CT molecular complexity index is 709. The molecule has 1 aromatic carbocycles. The van der Waals surface area contributed by atoms with Crippen molar-refractivity contribution < 1.29 is 4.42 Å². The van der Waals surface area contributed by atoms with Crippen molar-refractivity contribution in [1.29, 1.82) is 0 Å². The fourth-order valence-electron chi connectivity index (χ4n) is 1.94. The second kappa shape index (κ2) is 5.73. The number of benzene rings is 1. The monoisotopic (exact) mass is 351 g/mol. The van der Waals surface area contributed by atoms with E-state index in [-0.39, 0.29) is 0 Å². The lowest BCUT2D eigenvalue weighted by atomic mass is 10.2. The van der Waals surface area contributed by atoms with Gasteiger partial charge in [-0.2, -0.15) is 0 Å². The Morgan fingerprint density at radius 2 is 2.20 bits per heavy atom. The lowest BCUT2D eigenvalue weighted by molar-refractivity contribution is 0.495. The second-order valence-electron chi connectivity index (χ2n) is 4.17. The summed E-state index contributed by atoms with van der Waals surface area (Å²) >= 11 is 9.58. The number of aromatic nitrogens is 2. The Morgan fingerprint density at radius 3 is 2.90 bits per heavy atom. The molecule has 0 radical (unpaired) electrons. The molecule has 0 spiro atoms. The summed E-state index contributed by atoms with van der Waals surface area (Å²) in [6.45, 7) is 0.577. The van der Waals surface area contributed by atoms with Crippen molar-refractivity contribution in [1.82, 2.24) is 9.55 Å². The third-order valence-corrected chi connectivity index (χ3v) is 3.56. The van der Waals surface area contributed by atoms with E-state index >= 15 is 0 Å². The summed E-state index contributed by atoms with van der Waals surface area (Å²) in [5, 5.41) is 3.99. The minimum Gasteiger partial charge on any atom is -0.452 e. The van der Waals surface area contributed by atoms with Crippen LogP contribution in [0.1, 0.15) is 5.76 Å². The lowest BCUT2D eigenvalue weighted by Gasteiger charge is -2.13. The predicted octanol–water partition coefficient (Wildman–Crippen LogP) is 4.49. The molecule has 0 saturated carbocycles. The Kier molecular flexibility index (Phi) is 3.80. The van der Waals surface area contributed by atoms with Gasteiger partial charge in [-0.15, -0.1) is 0 Å². The highest BCUT2D eigenvalue weighted by Gasteiger charge is 2.09. The zero-order chi connectivity index (χ0) is 13.9. The highest BCUT2D eigenvalue weighted by atomic mass is 79.9. The van der Waals surface area contributed by atoms with Gasteiger partial charge in [0.1, 0.15) is 5.76 Å². The molecule has 0 saturated heterocycles. The maximum atomic E-state index is 6.29. The fourth-order valence-corrected chi connectivity index (χ4v) is 2.55. The number of anilines is 1. The topological polar surface area (TPSA) is 43.0 Å². The molecule has 0 aliphatic rings. The Labute approximate surface area is 129 Å². The molecule has 2 heterocycles. The third-order valence-electron chi connectivity index (χ3n) is 2.83. The van der Waals surface area contributed by atoms with Crippen molar-refractivity contribution >= 4 is 33.2 Å². The van der Waals surface area contributed by atoms with Crippen LogP contribution in [0.3, 0.4) is 0 Å². The van der Waals surface area contributed by atoms with Crippen LogP contribution in [0.4, 0.5) is 5.69 Å². The van der Waals surface area contributed by atoms with Crippen LogP contribution >= 0.6 is 27.5 Å². The first-order valence-electron chi connectivity index (χ1n) is 5.99. The third kappa shape index (κ3) is 2.73. The summed E-state index contributed by atoms with van der Waals surface area (Å²) in [5.74, 6) is 0.841. The molecule has 0 bridgehead atoms. The molecule has 0 atom stereocenters. The van der Waals surface area contributed by atoms with Crippen LogP contribution in [0.15, 0.2) is 58.1 Å². The molecule has 3 rings (SSSR count). The summed E-state index contributed by atoms with van der Waals surface area (Å²) in [4.78, 5) is 4.05. The number of hydrogen-bond donors (Lipinski definition) is 1. The number of halogens is 2. The number of imidazole rings is 1. The number of hydrogen-bond acceptors (Lipinski definition) is 3. The van der Waals surface area contributed by atoms with Crippen molar-refractivity contribution in [3.8, 4) is 5.69 Å². The van der Waals surface area contributed by atoms with Crippen LogP contribution in [0, 0.1) is 0 Å². The van der Waals surface area contributed by atoms with Gasteiger partial charge in [0.25, 0.3) is 0 Å². The van der Waals surface area contributed by atoms with Crippen molar-refractivity contribution in [3.05, 3.63) is 64.5 Å². The van der Waals surface area contributed by atoms with E-state index in [1.807, 2.05) is 41.1 Å². The molecule has 3 aromatic rings. The number of rotatable bonds is 4. The predicted molar refractivity (Wildman–Crippen MR) is 82.3 cm³/mol. The Hall–Kier alpha value is -1.72. The van der Waals surface area contributed by atoms with Gasteiger partial charge in [-0.05, 0) is 40.2 Å². The van der Waals surface area contributed by atoms with E-state index in [1.54, 1.807) is 12.5 Å². The van der Waals surface area contributed by atoms with Gasteiger partial charge in [0, 0.05) is 12.4 Å². The molecule has 0 aliphatic heterocycles. The highest BCUT2D eigenvalue weighted by Crippen LogP contribution is 2.29. The quantitative estimate of drug-likeness (QED) is 0.752. The molecule has 0 fully saturated rings. The first-order valence-corrected chi connectivity index (χ1v) is 7.16. The summed E-state index contributed by atoms with van der Waals surface area (Å²) < 4.78 is 8.06. The normalized spacial score (nSPS) is 10.7. The van der Waals surface area contributed by atoms with Crippen molar-refractivity contribution in [2.45, 2.75) is 6.54 Å². The van der Waals surface area contributed by atoms with Crippen LogP contribution in [0.2, 0.25) is 5.02 Å². The standard InChI is InChI=1S/C14H11BrClN3O/c15-13-5-4-10(20-13)8-18-12-3-1-2-11(16)14(12)19-7-6-17-9-19/h1-7,9,18H,8H2. The number of nitrogens with one attached hydrogen (secondary N) is 1. The smallest absolute Gasteiger partial charge is 0.169 e. The van der Waals surface area contributed by atoms with Gasteiger partial charge >= 0.3 is 0 Å². The molecule has 6 heteroatoms. The van der Waals surface area contributed by atoms with E-state index in [9.17, 15) is 0 Å². The van der Waals surface area contributed by atoms with Gasteiger partial charge in [0.2, 0.25) is 0 Å². The number of furan rings is 1. The number of para-hydroxylation sites is 1. The fraction of sp³-hybridized carbons (Fsp3) is 0.0714. The van der Waals surface area contributed by atoms with E-state index in [2.05, 4.69) is 26.2 Å². The molecule has 0 aliphatic carbocycles. The van der Waals surface area contributed by atoms with E-state index in [1.165, 1.54) is 0 Å². The average Bonchev–Trinajstić information content (AvgIpc) is 3.08. The summed E-state index contributed by atoms with van der Waals surface area (Å²) in [6.07, 6.45) is 5.29. The second-order valence-corrected chi connectivity index (χ2v) is 5.35. The van der Waals surface area contributed by atoms with Gasteiger partial charge in [-0.3, -0.25) is 0 Å². The molecule has 102 valence electrons. The van der Waals surface area contributed by atoms with Crippen molar-refractivity contribution in [2.24, 2.45) is 0 Å². The highest BCUT2D eigenvalue weighted by molar-refractivity contribution is 9.10. The van der Waals surface area contributed by atoms with Crippen LogP contribution in [-0.2, 0) is 6.54 Å². The van der Waals surface area contributed by atoms with E-state index in [0.29, 0.717) is 11.6 Å².